The first-order valence-corrected chi connectivity index (χ1v) is 6.84. The van der Waals surface area contributed by atoms with Crippen molar-refractivity contribution >= 4 is 29.6 Å². The Bertz CT molecular complexity index is 475. The lowest BCUT2D eigenvalue weighted by atomic mass is 9.90. The van der Waals surface area contributed by atoms with E-state index in [0.29, 0.717) is 30.7 Å². The van der Waals surface area contributed by atoms with Gasteiger partial charge in [-0.25, -0.2) is 4.79 Å². The Balaban J connectivity index is 2.06. The highest BCUT2D eigenvalue weighted by molar-refractivity contribution is 7.12. The fourth-order valence-corrected chi connectivity index (χ4v) is 3.02. The van der Waals surface area contributed by atoms with Crippen molar-refractivity contribution in [3.05, 3.63) is 22.4 Å². The van der Waals surface area contributed by atoms with Gasteiger partial charge in [0.25, 0.3) is 0 Å². The highest BCUT2D eigenvalue weighted by Crippen LogP contribution is 2.26. The topological polar surface area (TPSA) is 92.5 Å². The van der Waals surface area contributed by atoms with Crippen LogP contribution in [0.3, 0.4) is 0 Å². The molecule has 102 valence electrons. The number of carbonyl (C=O) groups is 3. The maximum absolute atomic E-state index is 12.2. The number of nitrogens with zero attached hydrogens (tertiary/aromatic N) is 1. The number of Topliss-reactive ketones (excluding diaryl/α,β-unsaturated/α-hetero) is 1. The van der Waals surface area contributed by atoms with E-state index in [2.05, 4.69) is 5.32 Å². The van der Waals surface area contributed by atoms with Gasteiger partial charge in [-0.3, -0.25) is 9.59 Å². The summed E-state index contributed by atoms with van der Waals surface area (Å²) in [5, 5.41) is 4.35. The first kappa shape index (κ1) is 13.5. The number of hydrogen-bond acceptors (Lipinski definition) is 4. The van der Waals surface area contributed by atoms with Crippen molar-refractivity contribution in [2.75, 3.05) is 6.54 Å². The quantitative estimate of drug-likeness (QED) is 0.631. The van der Waals surface area contributed by atoms with Crippen LogP contribution in [0.5, 0.6) is 0 Å². The molecule has 1 aromatic rings. The molecule has 0 bridgehead atoms. The number of carbonyl (C=O) groups excluding carboxylic acids is 3. The first-order chi connectivity index (χ1) is 9.11. The van der Waals surface area contributed by atoms with Gasteiger partial charge in [0.15, 0.2) is 5.78 Å². The summed E-state index contributed by atoms with van der Waals surface area (Å²) >= 11 is 1.40. The highest BCUT2D eigenvalue weighted by Gasteiger charge is 2.32. The van der Waals surface area contributed by atoms with E-state index in [1.807, 2.05) is 11.4 Å². The summed E-state index contributed by atoms with van der Waals surface area (Å²) < 4.78 is 0. The Morgan fingerprint density at radius 1 is 1.53 bits per heavy atom. The average molecular weight is 281 g/mol. The molecule has 3 N–H and O–H groups in total. The molecule has 19 heavy (non-hydrogen) atoms. The van der Waals surface area contributed by atoms with Crippen LogP contribution in [-0.2, 0) is 4.79 Å². The van der Waals surface area contributed by atoms with Crippen LogP contribution in [0.15, 0.2) is 17.5 Å². The molecule has 0 aromatic carbocycles. The van der Waals surface area contributed by atoms with E-state index in [9.17, 15) is 14.4 Å². The van der Waals surface area contributed by atoms with Gasteiger partial charge in [-0.1, -0.05) is 6.07 Å². The third-order valence-corrected chi connectivity index (χ3v) is 4.11. The molecule has 1 saturated heterocycles. The molecule has 0 radical (unpaired) electrons. The lowest BCUT2D eigenvalue weighted by molar-refractivity contribution is -0.122. The number of urea groups is 1. The highest BCUT2D eigenvalue weighted by atomic mass is 32.1. The fourth-order valence-electron chi connectivity index (χ4n) is 2.27. The molecule has 6 nitrogen and oxygen atoms in total. The van der Waals surface area contributed by atoms with Crippen LogP contribution in [0, 0.1) is 5.92 Å². The molecule has 1 aliphatic rings. The summed E-state index contributed by atoms with van der Waals surface area (Å²) in [6.45, 7) is 0.441. The van der Waals surface area contributed by atoms with Gasteiger partial charge in [-0.2, -0.15) is 0 Å². The summed E-state index contributed by atoms with van der Waals surface area (Å²) in [7, 11) is 0. The third kappa shape index (κ3) is 3.11. The van der Waals surface area contributed by atoms with Crippen molar-refractivity contribution in [3.8, 4) is 0 Å². The minimum absolute atomic E-state index is 0.0665. The molecule has 1 fully saturated rings. The maximum atomic E-state index is 12.2. The van der Waals surface area contributed by atoms with E-state index in [4.69, 9.17) is 5.73 Å². The number of likely N-dealkylation sites (tertiary alicyclic amines) is 1. The molecule has 2 atom stereocenters. The average Bonchev–Trinajstić information content (AvgIpc) is 2.91. The van der Waals surface area contributed by atoms with Gasteiger partial charge in [0.2, 0.25) is 6.41 Å². The molecule has 2 rings (SSSR count). The van der Waals surface area contributed by atoms with Gasteiger partial charge < -0.3 is 16.0 Å². The largest absolute Gasteiger partial charge is 0.352 e. The molecule has 0 saturated carbocycles. The summed E-state index contributed by atoms with van der Waals surface area (Å²) in [6.07, 6.45) is 1.18. The SMILES string of the molecule is NC(=O)NC1CC(C(=O)c2cccs2)CCN1C=O. The number of piperidine rings is 1. The van der Waals surface area contributed by atoms with Crippen molar-refractivity contribution in [1.82, 2.24) is 10.2 Å². The molecular formula is C12H15N3O3S. The van der Waals surface area contributed by atoms with Gasteiger partial charge in [-0.15, -0.1) is 11.3 Å². The minimum atomic E-state index is -0.693. The van der Waals surface area contributed by atoms with Crippen LogP contribution >= 0.6 is 11.3 Å². The lowest BCUT2D eigenvalue weighted by Gasteiger charge is -2.36. The van der Waals surface area contributed by atoms with Crippen molar-refractivity contribution in [2.45, 2.75) is 19.0 Å². The second-order valence-electron chi connectivity index (χ2n) is 4.43. The molecule has 2 unspecified atom stereocenters. The van der Waals surface area contributed by atoms with E-state index in [1.54, 1.807) is 6.07 Å². The molecule has 3 amide bonds. The lowest BCUT2D eigenvalue weighted by Crippen LogP contribution is -2.54. The predicted octanol–water partition coefficient (Wildman–Crippen LogP) is 0.794. The van der Waals surface area contributed by atoms with E-state index < -0.39 is 12.2 Å². The molecule has 2 heterocycles. The van der Waals surface area contributed by atoms with Crippen molar-refractivity contribution in [3.63, 3.8) is 0 Å². The molecule has 0 spiro atoms. The first-order valence-electron chi connectivity index (χ1n) is 5.96. The van der Waals surface area contributed by atoms with Crippen molar-refractivity contribution < 1.29 is 14.4 Å². The number of rotatable bonds is 4. The van der Waals surface area contributed by atoms with E-state index in [0.717, 1.165) is 0 Å². The Morgan fingerprint density at radius 3 is 2.89 bits per heavy atom. The zero-order chi connectivity index (χ0) is 13.8. The summed E-state index contributed by atoms with van der Waals surface area (Å²) in [5.41, 5.74) is 5.08. The molecule has 0 aliphatic carbocycles. The molecular weight excluding hydrogens is 266 g/mol. The number of amides is 3. The van der Waals surface area contributed by atoms with Gasteiger partial charge >= 0.3 is 6.03 Å². The number of hydrogen-bond donors (Lipinski definition) is 2. The number of nitrogens with two attached hydrogens (primary N) is 1. The van der Waals surface area contributed by atoms with E-state index >= 15 is 0 Å². The van der Waals surface area contributed by atoms with Crippen LogP contribution in [-0.4, -0.2) is 35.8 Å². The van der Waals surface area contributed by atoms with Gasteiger partial charge in [0, 0.05) is 12.5 Å². The molecule has 1 aliphatic heterocycles. The van der Waals surface area contributed by atoms with Gasteiger partial charge in [0.1, 0.15) is 6.17 Å². The Morgan fingerprint density at radius 2 is 2.32 bits per heavy atom. The summed E-state index contributed by atoms with van der Waals surface area (Å²) in [4.78, 5) is 36.2. The van der Waals surface area contributed by atoms with Crippen LogP contribution in [0.2, 0.25) is 0 Å². The standard InChI is InChI=1S/C12H15N3O3S/c13-12(18)14-10-6-8(3-4-15(10)7-16)11(17)9-2-1-5-19-9/h1-2,5,7-8,10H,3-4,6H2,(H3,13,14,18). The number of nitrogens with one attached hydrogen (secondary N) is 1. The Kier molecular flexibility index (Phi) is 4.16. The summed E-state index contributed by atoms with van der Waals surface area (Å²) in [5.74, 6) is -0.122. The van der Waals surface area contributed by atoms with Gasteiger partial charge in [-0.05, 0) is 24.3 Å². The maximum Gasteiger partial charge on any atom is 0.313 e. The van der Waals surface area contributed by atoms with E-state index in [-0.39, 0.29) is 11.7 Å². The second-order valence-corrected chi connectivity index (χ2v) is 5.38. The Hall–Kier alpha value is -1.89. The predicted molar refractivity (Wildman–Crippen MR) is 70.7 cm³/mol. The minimum Gasteiger partial charge on any atom is -0.352 e. The Labute approximate surface area is 114 Å². The monoisotopic (exact) mass is 281 g/mol. The normalized spacial score (nSPS) is 22.8. The number of ketones is 1. The van der Waals surface area contributed by atoms with Crippen LogP contribution in [0.1, 0.15) is 22.5 Å². The zero-order valence-electron chi connectivity index (χ0n) is 10.2. The third-order valence-electron chi connectivity index (χ3n) is 3.22. The van der Waals surface area contributed by atoms with Crippen LogP contribution < -0.4 is 11.1 Å². The van der Waals surface area contributed by atoms with Crippen molar-refractivity contribution in [1.29, 1.82) is 0 Å². The van der Waals surface area contributed by atoms with Crippen LogP contribution in [0.25, 0.3) is 0 Å². The van der Waals surface area contributed by atoms with Crippen LogP contribution in [0.4, 0.5) is 4.79 Å². The molecule has 7 heteroatoms. The number of primary amides is 1. The van der Waals surface area contributed by atoms with E-state index in [1.165, 1.54) is 16.2 Å². The second kappa shape index (κ2) is 5.83. The zero-order valence-corrected chi connectivity index (χ0v) is 11.1. The smallest absolute Gasteiger partial charge is 0.313 e. The number of thiophene rings is 1. The fraction of sp³-hybridized carbons (Fsp3) is 0.417. The van der Waals surface area contributed by atoms with Gasteiger partial charge in [0.05, 0.1) is 4.88 Å². The van der Waals surface area contributed by atoms with Crippen molar-refractivity contribution in [2.24, 2.45) is 11.7 Å². The summed E-state index contributed by atoms with van der Waals surface area (Å²) in [6, 6.07) is 2.92. The molecule has 1 aromatic heterocycles.